The van der Waals surface area contributed by atoms with Gasteiger partial charge in [-0.1, -0.05) is 28.1 Å². The standard InChI is InChI=1S/C19H21BrN2O5S/c1-27-19(24)15-4-2-14(3-5-15)10-12-21-18(23)11-13-22-28(25,26)17-8-6-16(20)7-9-17/h2-9,22H,10-13H2,1H3,(H,21,23). The number of hydrogen-bond donors (Lipinski definition) is 2. The third-order valence-corrected chi connectivity index (χ3v) is 5.88. The first-order valence-corrected chi connectivity index (χ1v) is 10.8. The molecule has 0 saturated carbocycles. The Bertz CT molecular complexity index is 912. The molecule has 0 aromatic heterocycles. The molecule has 0 fully saturated rings. The summed E-state index contributed by atoms with van der Waals surface area (Å²) in [6.07, 6.45) is 0.634. The van der Waals surface area contributed by atoms with E-state index >= 15 is 0 Å². The molecule has 9 heteroatoms. The Hall–Kier alpha value is -2.23. The number of carbonyl (C=O) groups is 2. The lowest BCUT2D eigenvalue weighted by molar-refractivity contribution is -0.120. The summed E-state index contributed by atoms with van der Waals surface area (Å²) in [4.78, 5) is 23.4. The molecule has 150 valence electrons. The number of nitrogens with one attached hydrogen (secondary N) is 2. The van der Waals surface area contributed by atoms with E-state index in [0.717, 1.165) is 10.0 Å². The summed E-state index contributed by atoms with van der Waals surface area (Å²) in [5.41, 5.74) is 1.43. The van der Waals surface area contributed by atoms with Crippen molar-refractivity contribution in [2.24, 2.45) is 0 Å². The zero-order chi connectivity index (χ0) is 20.6. The van der Waals surface area contributed by atoms with Crippen LogP contribution in [0.1, 0.15) is 22.3 Å². The Kier molecular flexibility index (Phi) is 8.16. The van der Waals surface area contributed by atoms with Crippen molar-refractivity contribution in [1.82, 2.24) is 10.0 Å². The van der Waals surface area contributed by atoms with Gasteiger partial charge in [-0.3, -0.25) is 4.79 Å². The lowest BCUT2D eigenvalue weighted by Gasteiger charge is -2.08. The summed E-state index contributed by atoms with van der Waals surface area (Å²) in [7, 11) is -2.31. The van der Waals surface area contributed by atoms with Crippen LogP contribution in [0.2, 0.25) is 0 Å². The van der Waals surface area contributed by atoms with E-state index in [2.05, 4.69) is 30.7 Å². The van der Waals surface area contributed by atoms with Crippen molar-refractivity contribution < 1.29 is 22.7 Å². The molecule has 1 amide bonds. The van der Waals surface area contributed by atoms with Crippen LogP contribution in [-0.4, -0.2) is 40.5 Å². The molecule has 0 radical (unpaired) electrons. The quantitative estimate of drug-likeness (QED) is 0.549. The van der Waals surface area contributed by atoms with E-state index in [1.165, 1.54) is 19.2 Å². The smallest absolute Gasteiger partial charge is 0.337 e. The lowest BCUT2D eigenvalue weighted by Crippen LogP contribution is -2.31. The summed E-state index contributed by atoms with van der Waals surface area (Å²) in [6, 6.07) is 13.2. The molecule has 0 aliphatic rings. The predicted molar refractivity (Wildman–Crippen MR) is 108 cm³/mol. The van der Waals surface area contributed by atoms with Crippen LogP contribution in [0, 0.1) is 0 Å². The maximum Gasteiger partial charge on any atom is 0.337 e. The van der Waals surface area contributed by atoms with Crippen molar-refractivity contribution in [2.45, 2.75) is 17.7 Å². The fourth-order valence-electron chi connectivity index (χ4n) is 2.36. The molecule has 0 saturated heterocycles. The van der Waals surface area contributed by atoms with Gasteiger partial charge in [-0.2, -0.15) is 0 Å². The van der Waals surface area contributed by atoms with Gasteiger partial charge in [0.15, 0.2) is 0 Å². The molecule has 2 aromatic carbocycles. The van der Waals surface area contributed by atoms with Gasteiger partial charge >= 0.3 is 5.97 Å². The van der Waals surface area contributed by atoms with Gasteiger partial charge in [0.25, 0.3) is 0 Å². The number of rotatable bonds is 9. The van der Waals surface area contributed by atoms with E-state index < -0.39 is 16.0 Å². The van der Waals surface area contributed by atoms with Gasteiger partial charge in [-0.15, -0.1) is 0 Å². The summed E-state index contributed by atoms with van der Waals surface area (Å²) >= 11 is 3.25. The van der Waals surface area contributed by atoms with Gasteiger partial charge in [0.1, 0.15) is 0 Å². The van der Waals surface area contributed by atoms with Crippen LogP contribution >= 0.6 is 15.9 Å². The maximum absolute atomic E-state index is 12.1. The Morgan fingerprint density at radius 1 is 1.00 bits per heavy atom. The molecule has 7 nitrogen and oxygen atoms in total. The number of benzene rings is 2. The predicted octanol–water partition coefficient (Wildman–Crippen LogP) is 2.26. The van der Waals surface area contributed by atoms with Gasteiger partial charge in [0, 0.05) is 24.0 Å². The van der Waals surface area contributed by atoms with Gasteiger partial charge in [0.2, 0.25) is 15.9 Å². The van der Waals surface area contributed by atoms with E-state index in [0.29, 0.717) is 18.5 Å². The van der Waals surface area contributed by atoms with Crippen LogP contribution in [-0.2, 0) is 26.0 Å². The summed E-state index contributed by atoms with van der Waals surface area (Å²) in [6.45, 7) is 0.425. The normalized spacial score (nSPS) is 11.1. The van der Waals surface area contributed by atoms with Crippen molar-refractivity contribution in [3.63, 3.8) is 0 Å². The third kappa shape index (κ3) is 6.74. The molecule has 2 aromatic rings. The minimum Gasteiger partial charge on any atom is -0.465 e. The van der Waals surface area contributed by atoms with Crippen molar-refractivity contribution >= 4 is 37.8 Å². The average molecular weight is 469 g/mol. The number of ether oxygens (including phenoxy) is 1. The first-order chi connectivity index (χ1) is 13.3. The highest BCUT2D eigenvalue weighted by Crippen LogP contribution is 2.14. The Balaban J connectivity index is 1.71. The number of halogens is 1. The largest absolute Gasteiger partial charge is 0.465 e. The Morgan fingerprint density at radius 3 is 2.25 bits per heavy atom. The van der Waals surface area contributed by atoms with E-state index in [9.17, 15) is 18.0 Å². The molecule has 0 atom stereocenters. The van der Waals surface area contributed by atoms with Crippen molar-refractivity contribution in [2.75, 3.05) is 20.2 Å². The molecule has 28 heavy (non-hydrogen) atoms. The molecule has 0 unspecified atom stereocenters. The van der Waals surface area contributed by atoms with Crippen molar-refractivity contribution in [1.29, 1.82) is 0 Å². The second kappa shape index (κ2) is 10.4. The molecular formula is C19H21BrN2O5S. The van der Waals surface area contributed by atoms with Crippen LogP contribution in [0.3, 0.4) is 0 Å². The summed E-state index contributed by atoms with van der Waals surface area (Å²) in [5, 5.41) is 2.74. The molecule has 0 aliphatic heterocycles. The van der Waals surface area contributed by atoms with E-state index in [-0.39, 0.29) is 23.8 Å². The molecule has 2 N–H and O–H groups in total. The second-order valence-corrected chi connectivity index (χ2v) is 8.57. The van der Waals surface area contributed by atoms with Crippen LogP contribution in [0.15, 0.2) is 57.9 Å². The molecule has 0 spiro atoms. The Morgan fingerprint density at radius 2 is 1.64 bits per heavy atom. The number of methoxy groups -OCH3 is 1. The minimum atomic E-state index is -3.64. The zero-order valence-electron chi connectivity index (χ0n) is 15.3. The SMILES string of the molecule is COC(=O)c1ccc(CCNC(=O)CCNS(=O)(=O)c2ccc(Br)cc2)cc1. The minimum absolute atomic E-state index is 0.0120. The topological polar surface area (TPSA) is 102 Å². The molecular weight excluding hydrogens is 448 g/mol. The first kappa shape index (κ1) is 22.1. The number of hydrogen-bond acceptors (Lipinski definition) is 5. The number of sulfonamides is 1. The van der Waals surface area contributed by atoms with E-state index in [1.807, 2.05) is 0 Å². The Labute approximate surface area is 172 Å². The van der Waals surface area contributed by atoms with Crippen molar-refractivity contribution in [3.8, 4) is 0 Å². The second-order valence-electron chi connectivity index (χ2n) is 5.89. The highest BCUT2D eigenvalue weighted by molar-refractivity contribution is 9.10. The van der Waals surface area contributed by atoms with Crippen LogP contribution in [0.25, 0.3) is 0 Å². The van der Waals surface area contributed by atoms with Gasteiger partial charge in [0.05, 0.1) is 17.6 Å². The molecule has 0 aliphatic carbocycles. The average Bonchev–Trinajstić information content (AvgIpc) is 2.68. The molecule has 0 bridgehead atoms. The van der Waals surface area contributed by atoms with Crippen LogP contribution in [0.5, 0.6) is 0 Å². The fraction of sp³-hybridized carbons (Fsp3) is 0.263. The fourth-order valence-corrected chi connectivity index (χ4v) is 3.65. The van der Waals surface area contributed by atoms with E-state index in [1.54, 1.807) is 36.4 Å². The first-order valence-electron chi connectivity index (χ1n) is 8.51. The molecule has 0 heterocycles. The zero-order valence-corrected chi connectivity index (χ0v) is 17.7. The van der Waals surface area contributed by atoms with Gasteiger partial charge in [-0.25, -0.2) is 17.9 Å². The number of amides is 1. The summed E-state index contributed by atoms with van der Waals surface area (Å²) in [5.74, 6) is -0.643. The highest BCUT2D eigenvalue weighted by atomic mass is 79.9. The monoisotopic (exact) mass is 468 g/mol. The van der Waals surface area contributed by atoms with Gasteiger partial charge in [-0.05, 0) is 48.4 Å². The lowest BCUT2D eigenvalue weighted by atomic mass is 10.1. The van der Waals surface area contributed by atoms with Crippen LogP contribution in [0.4, 0.5) is 0 Å². The van der Waals surface area contributed by atoms with Gasteiger partial charge < -0.3 is 10.1 Å². The van der Waals surface area contributed by atoms with E-state index in [4.69, 9.17) is 0 Å². The van der Waals surface area contributed by atoms with Crippen molar-refractivity contribution in [3.05, 3.63) is 64.1 Å². The summed E-state index contributed by atoms with van der Waals surface area (Å²) < 4.78 is 32.1. The number of carbonyl (C=O) groups excluding carboxylic acids is 2. The molecule has 2 rings (SSSR count). The number of esters is 1. The maximum atomic E-state index is 12.1. The highest BCUT2D eigenvalue weighted by Gasteiger charge is 2.13. The third-order valence-electron chi connectivity index (χ3n) is 3.88. The van der Waals surface area contributed by atoms with Crippen LogP contribution < -0.4 is 10.0 Å².